The Balaban J connectivity index is 1.72. The van der Waals surface area contributed by atoms with Crippen molar-refractivity contribution in [3.8, 4) is 0 Å². The molecule has 2 aromatic carbocycles. The van der Waals surface area contributed by atoms with E-state index in [9.17, 15) is 14.4 Å². The fraction of sp³-hybridized carbons (Fsp3) is 0.296. The van der Waals surface area contributed by atoms with Gasteiger partial charge >= 0.3 is 0 Å². The van der Waals surface area contributed by atoms with E-state index in [0.29, 0.717) is 29.4 Å². The van der Waals surface area contributed by atoms with Gasteiger partial charge < -0.3 is 10.6 Å². The van der Waals surface area contributed by atoms with Crippen LogP contribution in [0.15, 0.2) is 66.0 Å². The van der Waals surface area contributed by atoms with E-state index in [1.165, 1.54) is 23.2 Å². The zero-order chi connectivity index (χ0) is 26.4. The molecular formula is C27H30N6O3S. The molecule has 0 bridgehead atoms. The van der Waals surface area contributed by atoms with Crippen LogP contribution in [-0.2, 0) is 20.9 Å². The Morgan fingerprint density at radius 2 is 1.78 bits per heavy atom. The fourth-order valence-electron chi connectivity index (χ4n) is 3.99. The fourth-order valence-corrected chi connectivity index (χ4v) is 4.80. The van der Waals surface area contributed by atoms with Crippen LogP contribution in [0.25, 0.3) is 11.0 Å². The second kappa shape index (κ2) is 11.8. The lowest BCUT2D eigenvalue weighted by Crippen LogP contribution is -2.45. The van der Waals surface area contributed by atoms with E-state index < -0.39 is 6.04 Å². The summed E-state index contributed by atoms with van der Waals surface area (Å²) >= 11 is 1.42. The van der Waals surface area contributed by atoms with E-state index in [1.54, 1.807) is 28.9 Å². The summed E-state index contributed by atoms with van der Waals surface area (Å²) in [5.41, 5.74) is 2.54. The van der Waals surface area contributed by atoms with Gasteiger partial charge in [0.25, 0.3) is 0 Å². The number of fused-ring (bicyclic) bond motifs is 1. The molecule has 0 saturated carbocycles. The number of rotatable bonds is 10. The average molecular weight is 519 g/mol. The number of carbonyl (C=O) groups excluding carboxylic acids is 3. The van der Waals surface area contributed by atoms with Crippen molar-refractivity contribution in [2.45, 2.75) is 39.8 Å². The van der Waals surface area contributed by atoms with Crippen molar-refractivity contribution >= 4 is 51.5 Å². The molecule has 0 fully saturated rings. The van der Waals surface area contributed by atoms with E-state index in [2.05, 4.69) is 34.8 Å². The van der Waals surface area contributed by atoms with Gasteiger partial charge in [-0.3, -0.25) is 19.3 Å². The molecule has 0 spiro atoms. The molecule has 2 heterocycles. The van der Waals surface area contributed by atoms with Crippen molar-refractivity contribution in [1.29, 1.82) is 0 Å². The molecular weight excluding hydrogens is 488 g/mol. The van der Waals surface area contributed by atoms with Crippen molar-refractivity contribution in [2.24, 2.45) is 5.92 Å². The van der Waals surface area contributed by atoms with E-state index in [0.717, 1.165) is 16.8 Å². The number of hydrogen-bond donors (Lipinski definition) is 2. The summed E-state index contributed by atoms with van der Waals surface area (Å²) in [7, 11) is 0. The second-order valence-corrected chi connectivity index (χ2v) is 10.1. The SMILES string of the molecule is CC(=O)Nc1ccc(N(C(=O)Cn2nnc3ccccc32)[C@H](C(=O)NCCC(C)C)c2cccs2)cc1. The highest BCUT2D eigenvalue weighted by molar-refractivity contribution is 7.10. The van der Waals surface area contributed by atoms with Crippen LogP contribution in [0.3, 0.4) is 0 Å². The molecule has 4 aromatic rings. The molecule has 0 saturated heterocycles. The normalized spacial score (nSPS) is 11.9. The van der Waals surface area contributed by atoms with Crippen LogP contribution in [0.1, 0.15) is 38.1 Å². The number of nitrogens with zero attached hydrogens (tertiary/aromatic N) is 4. The summed E-state index contributed by atoms with van der Waals surface area (Å²) in [6, 6.07) is 17.1. The number of nitrogens with one attached hydrogen (secondary N) is 2. The van der Waals surface area contributed by atoms with Gasteiger partial charge in [0.2, 0.25) is 17.7 Å². The molecule has 192 valence electrons. The minimum atomic E-state index is -0.874. The number of hydrogen-bond acceptors (Lipinski definition) is 6. The van der Waals surface area contributed by atoms with Crippen LogP contribution in [0.5, 0.6) is 0 Å². The molecule has 9 nitrogen and oxygen atoms in total. The summed E-state index contributed by atoms with van der Waals surface area (Å²) < 4.78 is 1.54. The molecule has 3 amide bonds. The predicted molar refractivity (Wildman–Crippen MR) is 145 cm³/mol. The number of thiophene rings is 1. The smallest absolute Gasteiger partial charge is 0.249 e. The zero-order valence-electron chi connectivity index (χ0n) is 21.0. The number of anilines is 2. The topological polar surface area (TPSA) is 109 Å². The van der Waals surface area contributed by atoms with Crippen molar-refractivity contribution in [3.05, 3.63) is 70.9 Å². The molecule has 0 aliphatic carbocycles. The number of amides is 3. The third kappa shape index (κ3) is 6.39. The summed E-state index contributed by atoms with van der Waals surface area (Å²) in [5, 5.41) is 16.0. The molecule has 2 aromatic heterocycles. The number of para-hydroxylation sites is 1. The minimum Gasteiger partial charge on any atom is -0.354 e. The first-order chi connectivity index (χ1) is 17.8. The summed E-state index contributed by atoms with van der Waals surface area (Å²) in [4.78, 5) is 41.2. The molecule has 2 N–H and O–H groups in total. The Bertz CT molecular complexity index is 1360. The lowest BCUT2D eigenvalue weighted by atomic mass is 10.1. The molecule has 1 atom stereocenters. The first-order valence-corrected chi connectivity index (χ1v) is 13.0. The first kappa shape index (κ1) is 26.0. The van der Waals surface area contributed by atoms with Crippen LogP contribution in [0.2, 0.25) is 0 Å². The quantitative estimate of drug-likeness (QED) is 0.324. The lowest BCUT2D eigenvalue weighted by Gasteiger charge is -2.31. The Labute approximate surface area is 219 Å². The van der Waals surface area contributed by atoms with E-state index in [1.807, 2.05) is 41.8 Å². The van der Waals surface area contributed by atoms with E-state index in [-0.39, 0.29) is 24.3 Å². The highest BCUT2D eigenvalue weighted by Crippen LogP contribution is 2.32. The molecule has 0 radical (unpaired) electrons. The monoisotopic (exact) mass is 518 g/mol. The van der Waals surface area contributed by atoms with Gasteiger partial charge in [-0.1, -0.05) is 37.3 Å². The molecule has 10 heteroatoms. The van der Waals surface area contributed by atoms with Gasteiger partial charge in [-0.15, -0.1) is 16.4 Å². The van der Waals surface area contributed by atoms with E-state index in [4.69, 9.17) is 0 Å². The van der Waals surface area contributed by atoms with Crippen LogP contribution in [0, 0.1) is 5.92 Å². The maximum absolute atomic E-state index is 13.9. The number of carbonyl (C=O) groups is 3. The molecule has 37 heavy (non-hydrogen) atoms. The second-order valence-electron chi connectivity index (χ2n) is 9.12. The van der Waals surface area contributed by atoms with Gasteiger partial charge in [0.15, 0.2) is 0 Å². The van der Waals surface area contributed by atoms with Gasteiger partial charge in [0.1, 0.15) is 18.1 Å². The highest BCUT2D eigenvalue weighted by Gasteiger charge is 2.34. The van der Waals surface area contributed by atoms with Crippen LogP contribution < -0.4 is 15.5 Å². The van der Waals surface area contributed by atoms with Crippen molar-refractivity contribution in [2.75, 3.05) is 16.8 Å². The van der Waals surface area contributed by atoms with Gasteiger partial charge in [-0.05, 0) is 60.2 Å². The van der Waals surface area contributed by atoms with Crippen molar-refractivity contribution in [3.63, 3.8) is 0 Å². The Hall–Kier alpha value is -4.05. The highest BCUT2D eigenvalue weighted by atomic mass is 32.1. The van der Waals surface area contributed by atoms with Crippen molar-refractivity contribution in [1.82, 2.24) is 20.3 Å². The predicted octanol–water partition coefficient (Wildman–Crippen LogP) is 4.39. The Morgan fingerprint density at radius 3 is 2.46 bits per heavy atom. The van der Waals surface area contributed by atoms with Gasteiger partial charge in [0.05, 0.1) is 5.52 Å². The largest absolute Gasteiger partial charge is 0.354 e. The maximum Gasteiger partial charge on any atom is 0.249 e. The summed E-state index contributed by atoms with van der Waals surface area (Å²) in [6.45, 7) is 6.03. The number of benzene rings is 2. The third-order valence-electron chi connectivity index (χ3n) is 5.78. The van der Waals surface area contributed by atoms with Gasteiger partial charge in [-0.2, -0.15) is 0 Å². The lowest BCUT2D eigenvalue weighted by molar-refractivity contribution is -0.126. The van der Waals surface area contributed by atoms with Crippen molar-refractivity contribution < 1.29 is 14.4 Å². The molecule has 0 unspecified atom stereocenters. The maximum atomic E-state index is 13.9. The van der Waals surface area contributed by atoms with Gasteiger partial charge in [-0.25, -0.2) is 4.68 Å². The van der Waals surface area contributed by atoms with Crippen LogP contribution in [-0.4, -0.2) is 39.3 Å². The molecule has 0 aliphatic heterocycles. The minimum absolute atomic E-state index is 0.102. The standard InChI is InChI=1S/C27H30N6O3S/c1-18(2)14-15-28-27(36)26(24-9-6-16-37-24)33(21-12-10-20(11-13-21)29-19(3)34)25(35)17-32-23-8-5-4-7-22(23)30-31-32/h4-13,16,18,26H,14-15,17H2,1-3H3,(H,28,36)(H,29,34)/t26-/m0/s1. The van der Waals surface area contributed by atoms with Crippen LogP contribution >= 0.6 is 11.3 Å². The Morgan fingerprint density at radius 1 is 1.03 bits per heavy atom. The van der Waals surface area contributed by atoms with Gasteiger partial charge in [0, 0.05) is 29.7 Å². The number of aromatic nitrogens is 3. The summed E-state index contributed by atoms with van der Waals surface area (Å²) in [5.74, 6) is -0.342. The Kier molecular flexibility index (Phi) is 8.29. The summed E-state index contributed by atoms with van der Waals surface area (Å²) in [6.07, 6.45) is 0.827. The molecule has 4 rings (SSSR count). The first-order valence-electron chi connectivity index (χ1n) is 12.1. The molecule has 0 aliphatic rings. The van der Waals surface area contributed by atoms with E-state index >= 15 is 0 Å². The average Bonchev–Trinajstić information content (AvgIpc) is 3.53. The third-order valence-corrected chi connectivity index (χ3v) is 6.70. The van der Waals surface area contributed by atoms with Crippen LogP contribution in [0.4, 0.5) is 11.4 Å². The zero-order valence-corrected chi connectivity index (χ0v) is 21.9.